The molecule has 1 aliphatic rings. The quantitative estimate of drug-likeness (QED) is 0.265. The molecule has 2 heterocycles. The lowest BCUT2D eigenvalue weighted by Crippen LogP contribution is -2.34. The van der Waals surface area contributed by atoms with Crippen molar-refractivity contribution in [2.24, 2.45) is 11.7 Å². The Morgan fingerprint density at radius 2 is 1.72 bits per heavy atom. The molecule has 1 aromatic carbocycles. The van der Waals surface area contributed by atoms with Crippen LogP contribution in [0.5, 0.6) is 0 Å². The van der Waals surface area contributed by atoms with Crippen LogP contribution in [-0.2, 0) is 0 Å². The average molecular weight is 518 g/mol. The fourth-order valence-corrected chi connectivity index (χ4v) is 4.51. The number of benzene rings is 1. The van der Waals surface area contributed by atoms with Gasteiger partial charge >= 0.3 is 0 Å². The lowest BCUT2D eigenvalue weighted by atomic mass is 9.79. The van der Waals surface area contributed by atoms with E-state index in [1.165, 1.54) is 12.1 Å². The monoisotopic (exact) mass is 517 g/mol. The maximum Gasteiger partial charge on any atom is 0.266 e. The van der Waals surface area contributed by atoms with Crippen molar-refractivity contribution in [3.05, 3.63) is 62.9 Å². The molecule has 1 saturated carbocycles. The van der Waals surface area contributed by atoms with E-state index in [1.807, 2.05) is 0 Å². The van der Waals surface area contributed by atoms with Crippen LogP contribution in [0.25, 0.3) is 11.0 Å². The highest BCUT2D eigenvalue weighted by molar-refractivity contribution is 9.10. The summed E-state index contributed by atoms with van der Waals surface area (Å²) >= 11 is 3.40. The summed E-state index contributed by atoms with van der Waals surface area (Å²) in [5.41, 5.74) is 0.661. The molecule has 0 aliphatic heterocycles. The van der Waals surface area contributed by atoms with E-state index in [9.17, 15) is 22.0 Å². The first kappa shape index (κ1) is 24.4. The number of nitrogens with zero attached hydrogens (tertiary/aromatic N) is 3. The first-order chi connectivity index (χ1) is 15.1. The van der Waals surface area contributed by atoms with Crippen LogP contribution in [0.3, 0.4) is 0 Å². The molecule has 11 heteroatoms. The van der Waals surface area contributed by atoms with Gasteiger partial charge in [0.25, 0.3) is 6.43 Å². The average Bonchev–Trinajstić information content (AvgIpc) is 2.72. The van der Waals surface area contributed by atoms with Crippen molar-refractivity contribution in [2.45, 2.75) is 50.9 Å². The highest BCUT2D eigenvalue weighted by Gasteiger charge is 2.47. The van der Waals surface area contributed by atoms with Crippen molar-refractivity contribution in [3.63, 3.8) is 0 Å². The predicted octanol–water partition coefficient (Wildman–Crippen LogP) is 5.66. The van der Waals surface area contributed by atoms with E-state index >= 15 is 0 Å². The number of fused-ring (bicyclic) bond motifs is 1. The van der Waals surface area contributed by atoms with Crippen LogP contribution in [0.2, 0.25) is 0 Å². The normalized spacial score (nSPS) is 16.5. The summed E-state index contributed by atoms with van der Waals surface area (Å²) < 4.78 is 68.1. The van der Waals surface area contributed by atoms with Crippen molar-refractivity contribution in [1.29, 1.82) is 0 Å². The lowest BCUT2D eigenvalue weighted by Gasteiger charge is -2.35. The van der Waals surface area contributed by atoms with E-state index in [4.69, 9.17) is 0 Å². The fourth-order valence-electron chi connectivity index (χ4n) is 3.87. The molecule has 1 fully saturated rings. The molecular weight excluding hydrogens is 497 g/mol. The van der Waals surface area contributed by atoms with Gasteiger partial charge in [0.1, 0.15) is 11.6 Å². The molecule has 4 rings (SSSR count). The number of aromatic nitrogens is 3. The van der Waals surface area contributed by atoms with E-state index in [1.54, 1.807) is 19.9 Å². The van der Waals surface area contributed by atoms with Crippen LogP contribution in [0.15, 0.2) is 28.7 Å². The van der Waals surface area contributed by atoms with E-state index in [0.717, 1.165) is 6.07 Å². The first-order valence-electron chi connectivity index (χ1n) is 9.69. The first-order valence-corrected chi connectivity index (χ1v) is 10.5. The highest BCUT2D eigenvalue weighted by atomic mass is 79.9. The largest absolute Gasteiger partial charge is 0.274 e. The second-order valence-electron chi connectivity index (χ2n) is 7.62. The molecule has 3 aromatic rings. The Morgan fingerprint density at radius 1 is 1.09 bits per heavy atom. The van der Waals surface area contributed by atoms with Crippen LogP contribution in [0, 0.1) is 12.7 Å². The number of hydrogen-bond acceptors (Lipinski definition) is 5. The highest BCUT2D eigenvalue weighted by Crippen LogP contribution is 2.49. The smallest absolute Gasteiger partial charge is 0.266 e. The summed E-state index contributed by atoms with van der Waals surface area (Å²) in [4.78, 5) is 13.2. The van der Waals surface area contributed by atoms with E-state index < -0.39 is 29.6 Å². The van der Waals surface area contributed by atoms with Gasteiger partial charge < -0.3 is 0 Å². The minimum Gasteiger partial charge on any atom is -0.274 e. The summed E-state index contributed by atoms with van der Waals surface area (Å²) in [6.07, 6.45) is -3.48. The van der Waals surface area contributed by atoms with Crippen molar-refractivity contribution < 1.29 is 22.0 Å². The fraction of sp³-hybridized carbons (Fsp3) is 0.381. The van der Waals surface area contributed by atoms with Gasteiger partial charge in [0.2, 0.25) is 5.92 Å². The third kappa shape index (κ3) is 4.60. The molecule has 1 aliphatic carbocycles. The molecule has 172 valence electrons. The SMILES string of the molecule is Cc1nc([C@H](C)c2cccc(C(F)F)c2F)c2cc(Br)c(C3CC(F)(F)C3)nc2n1.NN. The third-order valence-electron chi connectivity index (χ3n) is 5.46. The molecule has 0 bridgehead atoms. The molecule has 0 spiro atoms. The minimum atomic E-state index is -2.93. The standard InChI is InChI=1S/C21H17BrF5N3.H4N2/c1-9(12-4-3-5-13(16(12)23)19(24)25)17-14-6-15(22)18(11-7-21(26,27)8-11)30-20(14)29-10(2)28-17;1-2/h3-6,9,11,19H,7-8H2,1-2H3;1-2H2/t9-;/m1./s1. The van der Waals surface area contributed by atoms with Crippen LogP contribution in [-0.4, -0.2) is 20.9 Å². The summed E-state index contributed by atoms with van der Waals surface area (Å²) in [7, 11) is 0. The van der Waals surface area contributed by atoms with E-state index in [2.05, 4.69) is 42.6 Å². The lowest BCUT2D eigenvalue weighted by molar-refractivity contribution is -0.0877. The number of hydrogen-bond donors (Lipinski definition) is 2. The van der Waals surface area contributed by atoms with Gasteiger partial charge in [-0.1, -0.05) is 25.1 Å². The molecule has 4 N–H and O–H groups in total. The Kier molecular flexibility index (Phi) is 7.11. The Morgan fingerprint density at radius 3 is 2.31 bits per heavy atom. The van der Waals surface area contributed by atoms with Crippen LogP contribution < -0.4 is 11.7 Å². The van der Waals surface area contributed by atoms with Gasteiger partial charge in [0, 0.05) is 34.5 Å². The van der Waals surface area contributed by atoms with Crippen LogP contribution in [0.4, 0.5) is 22.0 Å². The Labute approximate surface area is 189 Å². The zero-order valence-corrected chi connectivity index (χ0v) is 18.8. The second kappa shape index (κ2) is 9.32. The number of pyridine rings is 1. The van der Waals surface area contributed by atoms with Crippen molar-refractivity contribution in [3.8, 4) is 0 Å². The van der Waals surface area contributed by atoms with Gasteiger partial charge in [-0.05, 0) is 34.5 Å². The molecule has 2 aromatic heterocycles. The zero-order chi connectivity index (χ0) is 23.8. The van der Waals surface area contributed by atoms with Gasteiger partial charge in [-0.25, -0.2) is 36.9 Å². The summed E-state index contributed by atoms with van der Waals surface area (Å²) in [6.45, 7) is 3.31. The summed E-state index contributed by atoms with van der Waals surface area (Å²) in [5.74, 6) is 3.68. The Hall–Kier alpha value is -2.24. The third-order valence-corrected chi connectivity index (χ3v) is 6.09. The van der Waals surface area contributed by atoms with Gasteiger partial charge in [-0.3, -0.25) is 11.7 Å². The number of alkyl halides is 4. The van der Waals surface area contributed by atoms with E-state index in [-0.39, 0.29) is 24.3 Å². The molecule has 1 atom stereocenters. The number of hydrazine groups is 1. The minimum absolute atomic E-state index is 0.0889. The number of aryl methyl sites for hydroxylation is 1. The summed E-state index contributed by atoms with van der Waals surface area (Å²) in [6, 6.07) is 5.57. The molecule has 0 saturated heterocycles. The van der Waals surface area contributed by atoms with Gasteiger partial charge in [-0.2, -0.15) is 0 Å². The van der Waals surface area contributed by atoms with E-state index in [0.29, 0.717) is 32.7 Å². The van der Waals surface area contributed by atoms with Gasteiger partial charge in [-0.15, -0.1) is 0 Å². The maximum atomic E-state index is 14.7. The van der Waals surface area contributed by atoms with Gasteiger partial charge in [0.15, 0.2) is 5.65 Å². The van der Waals surface area contributed by atoms with Crippen LogP contribution in [0.1, 0.15) is 66.4 Å². The maximum absolute atomic E-state index is 14.7. The molecule has 0 unspecified atom stereocenters. The zero-order valence-electron chi connectivity index (χ0n) is 17.2. The molecular formula is C21H21BrF5N5. The van der Waals surface area contributed by atoms with Crippen LogP contribution >= 0.6 is 15.9 Å². The molecule has 5 nitrogen and oxygen atoms in total. The molecule has 32 heavy (non-hydrogen) atoms. The Balaban J connectivity index is 0.00000141. The number of halogens is 6. The number of rotatable bonds is 4. The molecule has 0 radical (unpaired) electrons. The summed E-state index contributed by atoms with van der Waals surface area (Å²) in [5, 5.41) is 0.511. The second-order valence-corrected chi connectivity index (χ2v) is 8.47. The number of nitrogens with two attached hydrogens (primary N) is 2. The Bertz CT molecular complexity index is 1130. The van der Waals surface area contributed by atoms with Crippen molar-refractivity contribution in [2.75, 3.05) is 0 Å². The molecule has 0 amide bonds. The topological polar surface area (TPSA) is 90.7 Å². The van der Waals surface area contributed by atoms with Gasteiger partial charge in [0.05, 0.1) is 17.0 Å². The predicted molar refractivity (Wildman–Crippen MR) is 114 cm³/mol. The van der Waals surface area contributed by atoms with Crippen molar-refractivity contribution >= 4 is 27.0 Å². The van der Waals surface area contributed by atoms with Crippen molar-refractivity contribution in [1.82, 2.24) is 15.0 Å².